The average Bonchev–Trinajstić information content (AvgIpc) is 2.71. The predicted molar refractivity (Wildman–Crippen MR) is 106 cm³/mol. The van der Waals surface area contributed by atoms with Crippen LogP contribution in [-0.2, 0) is 19.6 Å². The van der Waals surface area contributed by atoms with Crippen LogP contribution in [0.15, 0.2) is 12.1 Å². The highest BCUT2D eigenvalue weighted by Crippen LogP contribution is 2.61. The molecule has 4 bridgehead atoms. The third kappa shape index (κ3) is 3.40. The number of carbonyl (C=O) groups excluding carboxylic acids is 2. The number of halogens is 2. The van der Waals surface area contributed by atoms with Crippen LogP contribution in [0.25, 0.3) is 0 Å². The zero-order chi connectivity index (χ0) is 21.8. The van der Waals surface area contributed by atoms with E-state index in [4.69, 9.17) is 21.1 Å². The van der Waals surface area contributed by atoms with Crippen molar-refractivity contribution in [1.29, 1.82) is 0 Å². The summed E-state index contributed by atoms with van der Waals surface area (Å²) in [5.41, 5.74) is -1.10. The van der Waals surface area contributed by atoms with Crippen molar-refractivity contribution in [3.05, 3.63) is 28.5 Å². The molecule has 4 aliphatic rings. The van der Waals surface area contributed by atoms with Gasteiger partial charge < -0.3 is 9.47 Å². The molecule has 5 rings (SSSR count). The first-order valence-corrected chi connectivity index (χ1v) is 11.7. The Morgan fingerprint density at radius 2 is 1.83 bits per heavy atom. The lowest BCUT2D eigenvalue weighted by Crippen LogP contribution is -2.58. The summed E-state index contributed by atoms with van der Waals surface area (Å²) in [7, 11) is -1.86. The maximum atomic E-state index is 14.6. The van der Waals surface area contributed by atoms with Crippen molar-refractivity contribution < 1.29 is 31.9 Å². The second-order valence-electron chi connectivity index (χ2n) is 8.58. The summed E-state index contributed by atoms with van der Waals surface area (Å²) >= 11 is 6.22. The Labute approximate surface area is 179 Å². The normalized spacial score (nSPS) is 32.1. The lowest BCUT2D eigenvalue weighted by molar-refractivity contribution is -0.179. The summed E-state index contributed by atoms with van der Waals surface area (Å²) in [5.74, 6) is -0.426. The Morgan fingerprint density at radius 1 is 1.20 bits per heavy atom. The molecule has 1 aromatic carbocycles. The fourth-order valence-corrected chi connectivity index (χ4v) is 6.64. The summed E-state index contributed by atoms with van der Waals surface area (Å²) < 4.78 is 51.0. The van der Waals surface area contributed by atoms with Gasteiger partial charge >= 0.3 is 5.97 Å². The lowest BCUT2D eigenvalue weighted by Gasteiger charge is -2.58. The van der Waals surface area contributed by atoms with E-state index in [1.165, 1.54) is 7.11 Å². The molecule has 0 radical (unpaired) electrons. The monoisotopic (exact) mass is 459 g/mol. The molecule has 30 heavy (non-hydrogen) atoms. The molecule has 164 valence electrons. The van der Waals surface area contributed by atoms with E-state index in [9.17, 15) is 22.4 Å². The molecule has 4 saturated carbocycles. The van der Waals surface area contributed by atoms with Crippen LogP contribution in [0.2, 0.25) is 5.02 Å². The Morgan fingerprint density at radius 3 is 2.40 bits per heavy atom. The van der Waals surface area contributed by atoms with Crippen molar-refractivity contribution in [2.75, 3.05) is 14.2 Å². The molecule has 10 heteroatoms. The third-order valence-electron chi connectivity index (χ3n) is 6.82. The van der Waals surface area contributed by atoms with Gasteiger partial charge in [-0.15, -0.1) is 0 Å². The van der Waals surface area contributed by atoms with Crippen molar-refractivity contribution in [1.82, 2.24) is 4.72 Å². The van der Waals surface area contributed by atoms with Crippen LogP contribution in [-0.4, -0.2) is 39.8 Å². The number of rotatable bonds is 5. The van der Waals surface area contributed by atoms with Crippen LogP contribution >= 0.6 is 11.6 Å². The van der Waals surface area contributed by atoms with Crippen molar-refractivity contribution in [2.45, 2.75) is 38.2 Å². The van der Waals surface area contributed by atoms with Gasteiger partial charge in [0, 0.05) is 6.07 Å². The second-order valence-corrected chi connectivity index (χ2v) is 10.8. The molecule has 2 atom stereocenters. The van der Waals surface area contributed by atoms with Crippen molar-refractivity contribution >= 4 is 32.7 Å². The Balaban J connectivity index is 1.58. The summed E-state index contributed by atoms with van der Waals surface area (Å²) in [6.07, 6.45) is 3.79. The molecule has 0 spiro atoms. The first kappa shape index (κ1) is 21.5. The minimum atomic E-state index is -4.33. The fourth-order valence-electron chi connectivity index (χ4n) is 5.80. The van der Waals surface area contributed by atoms with Crippen LogP contribution in [0, 0.1) is 29.0 Å². The van der Waals surface area contributed by atoms with E-state index in [1.54, 1.807) is 0 Å². The van der Waals surface area contributed by atoms with Gasteiger partial charge in [0.05, 0.1) is 23.1 Å². The van der Waals surface area contributed by atoms with Crippen molar-refractivity contribution in [3.8, 4) is 5.75 Å². The molecule has 0 saturated heterocycles. The number of sulfonamides is 1. The molecule has 4 aliphatic carbocycles. The molecule has 4 fully saturated rings. The fraction of sp³-hybridized carbons (Fsp3) is 0.600. The molecule has 2 unspecified atom stereocenters. The van der Waals surface area contributed by atoms with E-state index >= 15 is 0 Å². The standard InChI is InChI=1S/C20H23ClFNO6S/c1-23-30(26,27)18(24)13-5-14(21)16(6-15(13)22)29-17-11-3-10-4-12(17)9-20(7-10,8-11)19(25)28-2/h5-6,10-12,17,23H,3-4,7-9H2,1-2H3. The number of carbonyl (C=O) groups is 2. The SMILES string of the molecule is CNS(=O)(=O)C(=O)c1cc(Cl)c(OC2C3CC4CC2CC(C(=O)OC)(C4)C3)cc1F. The largest absolute Gasteiger partial charge is 0.488 e. The van der Waals surface area contributed by atoms with E-state index in [0.29, 0.717) is 18.8 Å². The van der Waals surface area contributed by atoms with Gasteiger partial charge in [0.15, 0.2) is 0 Å². The maximum absolute atomic E-state index is 14.6. The van der Waals surface area contributed by atoms with E-state index in [-0.39, 0.29) is 34.7 Å². The van der Waals surface area contributed by atoms with Crippen LogP contribution in [0.1, 0.15) is 42.5 Å². The molecule has 7 nitrogen and oxygen atoms in total. The summed E-state index contributed by atoms with van der Waals surface area (Å²) in [4.78, 5) is 24.5. The number of hydrogen-bond donors (Lipinski definition) is 1. The molecule has 0 aliphatic heterocycles. The number of methoxy groups -OCH3 is 1. The Kier molecular flexibility index (Phi) is 5.35. The molecular weight excluding hydrogens is 437 g/mol. The number of esters is 1. The van der Waals surface area contributed by atoms with Crippen LogP contribution < -0.4 is 9.46 Å². The first-order chi connectivity index (χ1) is 14.1. The van der Waals surface area contributed by atoms with E-state index < -0.39 is 31.9 Å². The van der Waals surface area contributed by atoms with Gasteiger partial charge in [-0.25, -0.2) is 17.5 Å². The zero-order valence-electron chi connectivity index (χ0n) is 16.6. The van der Waals surface area contributed by atoms with Crippen molar-refractivity contribution in [3.63, 3.8) is 0 Å². The minimum Gasteiger partial charge on any atom is -0.488 e. The summed E-state index contributed by atoms with van der Waals surface area (Å²) in [6.45, 7) is 0. The molecular formula is C20H23ClFNO6S. The molecule has 0 aromatic heterocycles. The molecule has 1 aromatic rings. The number of benzene rings is 1. The number of hydrogen-bond acceptors (Lipinski definition) is 6. The third-order valence-corrected chi connectivity index (χ3v) is 8.36. The van der Waals surface area contributed by atoms with Gasteiger partial charge in [-0.05, 0) is 63.0 Å². The summed E-state index contributed by atoms with van der Waals surface area (Å²) in [5, 5.41) is -1.44. The van der Waals surface area contributed by atoms with Crippen LogP contribution in [0.3, 0.4) is 0 Å². The molecule has 1 N–H and O–H groups in total. The maximum Gasteiger partial charge on any atom is 0.311 e. The zero-order valence-corrected chi connectivity index (χ0v) is 18.2. The number of ether oxygens (including phenoxy) is 2. The van der Waals surface area contributed by atoms with Gasteiger partial charge in [-0.3, -0.25) is 9.59 Å². The average molecular weight is 460 g/mol. The minimum absolute atomic E-state index is 0.0393. The quantitative estimate of drug-likeness (QED) is 0.680. The predicted octanol–water partition coefficient (Wildman–Crippen LogP) is 2.92. The first-order valence-electron chi connectivity index (χ1n) is 9.82. The number of nitrogens with one attached hydrogen (secondary N) is 1. The highest BCUT2D eigenvalue weighted by molar-refractivity contribution is 8.04. The smallest absolute Gasteiger partial charge is 0.311 e. The Bertz CT molecular complexity index is 997. The van der Waals surface area contributed by atoms with Gasteiger partial charge in [0.25, 0.3) is 15.1 Å². The van der Waals surface area contributed by atoms with Gasteiger partial charge in [-0.2, -0.15) is 0 Å². The second kappa shape index (κ2) is 7.46. The highest BCUT2D eigenvalue weighted by Gasteiger charge is 2.60. The Hall–Kier alpha value is -1.71. The van der Waals surface area contributed by atoms with Crippen molar-refractivity contribution in [2.24, 2.45) is 23.2 Å². The van der Waals surface area contributed by atoms with Gasteiger partial charge in [0.1, 0.15) is 17.7 Å². The van der Waals surface area contributed by atoms with E-state index in [1.807, 2.05) is 4.72 Å². The molecule has 0 amide bonds. The summed E-state index contributed by atoms with van der Waals surface area (Å²) in [6, 6.07) is 1.94. The lowest BCUT2D eigenvalue weighted by atomic mass is 9.48. The van der Waals surface area contributed by atoms with E-state index in [2.05, 4.69) is 0 Å². The van der Waals surface area contributed by atoms with Crippen LogP contribution in [0.5, 0.6) is 5.75 Å². The van der Waals surface area contributed by atoms with Gasteiger partial charge in [-0.1, -0.05) is 11.6 Å². The van der Waals surface area contributed by atoms with Gasteiger partial charge in [0.2, 0.25) is 0 Å². The van der Waals surface area contributed by atoms with Crippen LogP contribution in [0.4, 0.5) is 4.39 Å². The highest BCUT2D eigenvalue weighted by atomic mass is 35.5. The molecule has 0 heterocycles. The topological polar surface area (TPSA) is 98.8 Å². The van der Waals surface area contributed by atoms with E-state index in [0.717, 1.165) is 38.4 Å².